The number of rotatable bonds is 6. The number of nitrogens with zero attached hydrogens (tertiary/aromatic N) is 2. The number of carbonyl (C=O) groups excluding carboxylic acids is 1. The highest BCUT2D eigenvalue weighted by Gasteiger charge is 2.23. The Labute approximate surface area is 125 Å². The van der Waals surface area contributed by atoms with Crippen LogP contribution in [0.25, 0.3) is 11.1 Å². The Morgan fingerprint density at radius 2 is 2.10 bits per heavy atom. The molecule has 21 heavy (non-hydrogen) atoms. The number of hydrogen-bond acceptors (Lipinski definition) is 4. The van der Waals surface area contributed by atoms with Gasteiger partial charge in [-0.15, -0.1) is 0 Å². The molecule has 2 rings (SSSR count). The number of likely N-dealkylation sites (N-methyl/N-ethyl adjacent to an activating group) is 2. The van der Waals surface area contributed by atoms with Crippen LogP contribution in [0.5, 0.6) is 0 Å². The lowest BCUT2D eigenvalue weighted by molar-refractivity contribution is -0.125. The van der Waals surface area contributed by atoms with Crippen molar-refractivity contribution in [1.82, 2.24) is 15.2 Å². The smallest absolute Gasteiger partial charge is 0.237 e. The molecule has 0 saturated heterocycles. The van der Waals surface area contributed by atoms with E-state index in [4.69, 9.17) is 4.42 Å². The normalized spacial score (nSPS) is 14.3. The fourth-order valence-corrected chi connectivity index (χ4v) is 2.49. The molecule has 0 radical (unpaired) electrons. The first kappa shape index (κ1) is 15.5. The molecule has 1 aromatic carbocycles. The molecule has 0 spiro atoms. The highest BCUT2D eigenvalue weighted by Crippen LogP contribution is 2.20. The van der Waals surface area contributed by atoms with Crippen molar-refractivity contribution in [3.8, 4) is 0 Å². The zero-order valence-corrected chi connectivity index (χ0v) is 13.1. The van der Waals surface area contributed by atoms with Gasteiger partial charge in [0.05, 0.1) is 6.04 Å². The van der Waals surface area contributed by atoms with Crippen molar-refractivity contribution in [3.63, 3.8) is 0 Å². The van der Waals surface area contributed by atoms with E-state index in [-0.39, 0.29) is 11.9 Å². The maximum atomic E-state index is 11.9. The number of carbonyl (C=O) groups is 1. The molecule has 1 amide bonds. The molecular weight excluding hydrogens is 266 g/mol. The Morgan fingerprint density at radius 3 is 2.71 bits per heavy atom. The summed E-state index contributed by atoms with van der Waals surface area (Å²) in [5.41, 5.74) is 1.70. The number of aromatic nitrogens is 1. The van der Waals surface area contributed by atoms with Gasteiger partial charge in [-0.05, 0) is 38.6 Å². The summed E-state index contributed by atoms with van der Waals surface area (Å²) in [6, 6.07) is 7.62. The molecule has 1 aromatic heterocycles. The molecule has 0 unspecified atom stereocenters. The number of nitrogens with one attached hydrogen (secondary N) is 1. The van der Waals surface area contributed by atoms with E-state index in [1.54, 1.807) is 7.05 Å². The molecule has 0 aliphatic heterocycles. The van der Waals surface area contributed by atoms with Gasteiger partial charge in [0.2, 0.25) is 5.91 Å². The van der Waals surface area contributed by atoms with Gasteiger partial charge in [0.15, 0.2) is 11.5 Å². The van der Waals surface area contributed by atoms with E-state index in [0.717, 1.165) is 29.8 Å². The van der Waals surface area contributed by atoms with Crippen molar-refractivity contribution >= 4 is 17.0 Å². The van der Waals surface area contributed by atoms with Gasteiger partial charge >= 0.3 is 0 Å². The first-order valence-electron chi connectivity index (χ1n) is 7.23. The number of fused-ring (bicyclic) bond motifs is 1. The SMILES string of the molecule is CNC(=O)[C@H](C[C@H](C)Cc1nc2ccccc2o1)N(C)C. The van der Waals surface area contributed by atoms with Gasteiger partial charge in [-0.1, -0.05) is 19.1 Å². The first-order chi connectivity index (χ1) is 10.0. The van der Waals surface area contributed by atoms with Crippen LogP contribution in [0.2, 0.25) is 0 Å². The van der Waals surface area contributed by atoms with Crippen LogP contribution in [0.3, 0.4) is 0 Å². The zero-order chi connectivity index (χ0) is 15.4. The fraction of sp³-hybridized carbons (Fsp3) is 0.500. The van der Waals surface area contributed by atoms with Gasteiger partial charge in [0.25, 0.3) is 0 Å². The molecule has 0 saturated carbocycles. The van der Waals surface area contributed by atoms with Crippen LogP contribution in [-0.4, -0.2) is 43.0 Å². The Hall–Kier alpha value is -1.88. The fourth-order valence-electron chi connectivity index (χ4n) is 2.49. The molecule has 0 aliphatic carbocycles. The van der Waals surface area contributed by atoms with E-state index in [9.17, 15) is 4.79 Å². The van der Waals surface area contributed by atoms with Gasteiger partial charge in [-0.3, -0.25) is 9.69 Å². The number of hydrogen-bond donors (Lipinski definition) is 1. The predicted molar refractivity (Wildman–Crippen MR) is 83.0 cm³/mol. The van der Waals surface area contributed by atoms with Crippen molar-refractivity contribution in [2.24, 2.45) is 5.92 Å². The molecule has 1 N–H and O–H groups in total. The third-order valence-electron chi connectivity index (χ3n) is 3.66. The van der Waals surface area contributed by atoms with Gasteiger partial charge in [0.1, 0.15) is 5.52 Å². The van der Waals surface area contributed by atoms with Crippen LogP contribution in [0, 0.1) is 5.92 Å². The number of benzene rings is 1. The summed E-state index contributed by atoms with van der Waals surface area (Å²) in [6.45, 7) is 2.12. The summed E-state index contributed by atoms with van der Waals surface area (Å²) in [5.74, 6) is 1.09. The first-order valence-corrected chi connectivity index (χ1v) is 7.23. The Balaban J connectivity index is 2.03. The lowest BCUT2D eigenvalue weighted by atomic mass is 9.97. The van der Waals surface area contributed by atoms with Crippen molar-refractivity contribution in [1.29, 1.82) is 0 Å². The van der Waals surface area contributed by atoms with Crippen molar-refractivity contribution in [2.45, 2.75) is 25.8 Å². The zero-order valence-electron chi connectivity index (χ0n) is 13.1. The van der Waals surface area contributed by atoms with Crippen LogP contribution in [-0.2, 0) is 11.2 Å². The molecule has 2 aromatic rings. The minimum atomic E-state index is -0.130. The van der Waals surface area contributed by atoms with Gasteiger partial charge < -0.3 is 9.73 Å². The Kier molecular flexibility index (Phi) is 4.96. The third kappa shape index (κ3) is 3.82. The molecule has 5 nitrogen and oxygen atoms in total. The topological polar surface area (TPSA) is 58.4 Å². The van der Waals surface area contributed by atoms with E-state index in [1.807, 2.05) is 43.3 Å². The average molecular weight is 289 g/mol. The summed E-state index contributed by atoms with van der Waals surface area (Å²) in [6.07, 6.45) is 1.50. The lowest BCUT2D eigenvalue weighted by Gasteiger charge is -2.25. The second kappa shape index (κ2) is 6.72. The van der Waals surface area contributed by atoms with E-state index in [1.165, 1.54) is 0 Å². The van der Waals surface area contributed by atoms with E-state index >= 15 is 0 Å². The van der Waals surface area contributed by atoms with Crippen LogP contribution in [0.15, 0.2) is 28.7 Å². The van der Waals surface area contributed by atoms with E-state index in [2.05, 4.69) is 17.2 Å². The molecule has 1 heterocycles. The van der Waals surface area contributed by atoms with Crippen LogP contribution in [0.1, 0.15) is 19.2 Å². The number of amides is 1. The molecule has 0 aliphatic rings. The van der Waals surface area contributed by atoms with E-state index < -0.39 is 0 Å². The monoisotopic (exact) mass is 289 g/mol. The molecular formula is C16H23N3O2. The van der Waals surface area contributed by atoms with E-state index in [0.29, 0.717) is 5.92 Å². The van der Waals surface area contributed by atoms with Gasteiger partial charge in [-0.25, -0.2) is 4.98 Å². The average Bonchev–Trinajstić information content (AvgIpc) is 2.85. The molecule has 2 atom stereocenters. The maximum absolute atomic E-state index is 11.9. The predicted octanol–water partition coefficient (Wildman–Crippen LogP) is 2.07. The van der Waals surface area contributed by atoms with Crippen molar-refractivity contribution in [2.75, 3.05) is 21.1 Å². The lowest BCUT2D eigenvalue weighted by Crippen LogP contribution is -2.43. The minimum absolute atomic E-state index is 0.0458. The quantitative estimate of drug-likeness (QED) is 0.884. The highest BCUT2D eigenvalue weighted by molar-refractivity contribution is 5.81. The largest absolute Gasteiger partial charge is 0.441 e. The van der Waals surface area contributed by atoms with Gasteiger partial charge in [-0.2, -0.15) is 0 Å². The molecule has 0 bridgehead atoms. The summed E-state index contributed by atoms with van der Waals surface area (Å²) in [4.78, 5) is 18.3. The molecule has 114 valence electrons. The summed E-state index contributed by atoms with van der Waals surface area (Å²) < 4.78 is 5.74. The van der Waals surface area contributed by atoms with Crippen LogP contribution >= 0.6 is 0 Å². The molecule has 5 heteroatoms. The minimum Gasteiger partial charge on any atom is -0.441 e. The number of para-hydroxylation sites is 2. The summed E-state index contributed by atoms with van der Waals surface area (Å²) in [7, 11) is 5.52. The van der Waals surface area contributed by atoms with Crippen LogP contribution in [0.4, 0.5) is 0 Å². The highest BCUT2D eigenvalue weighted by atomic mass is 16.3. The second-order valence-electron chi connectivity index (χ2n) is 5.71. The summed E-state index contributed by atoms with van der Waals surface area (Å²) in [5, 5.41) is 2.72. The standard InChI is InChI=1S/C16H23N3O2/c1-11(9-13(19(3)4)16(20)17-2)10-15-18-12-7-5-6-8-14(12)21-15/h5-8,11,13H,9-10H2,1-4H3,(H,17,20)/t11-,13-/m0/s1. The second-order valence-corrected chi connectivity index (χ2v) is 5.71. The summed E-state index contributed by atoms with van der Waals surface area (Å²) >= 11 is 0. The number of oxazole rings is 1. The Bertz CT molecular complexity index is 573. The van der Waals surface area contributed by atoms with Crippen LogP contribution < -0.4 is 5.32 Å². The van der Waals surface area contributed by atoms with Crippen molar-refractivity contribution < 1.29 is 9.21 Å². The van der Waals surface area contributed by atoms with Crippen molar-refractivity contribution in [3.05, 3.63) is 30.2 Å². The third-order valence-corrected chi connectivity index (χ3v) is 3.66. The maximum Gasteiger partial charge on any atom is 0.237 e. The van der Waals surface area contributed by atoms with Gasteiger partial charge in [0, 0.05) is 13.5 Å². The molecule has 0 fully saturated rings. The Morgan fingerprint density at radius 1 is 1.38 bits per heavy atom.